The van der Waals surface area contributed by atoms with Crippen LogP contribution in [0.25, 0.3) is 0 Å². The molecule has 1 N–H and O–H groups in total. The van der Waals surface area contributed by atoms with Crippen LogP contribution < -0.4 is 0 Å². The molecule has 0 saturated carbocycles. The van der Waals surface area contributed by atoms with Crippen molar-refractivity contribution in [3.8, 4) is 0 Å². The monoisotopic (exact) mass is 466 g/mol. The maximum Gasteiger partial charge on any atom is 0.133 e. The molecule has 0 bridgehead atoms. The average molecular weight is 467 g/mol. The molecule has 0 spiro atoms. The molecule has 0 fully saturated rings. The minimum atomic E-state index is -0.269. The second-order valence-electron chi connectivity index (χ2n) is 10.7. The zero-order chi connectivity index (χ0) is 24.2. The minimum Gasteiger partial charge on any atom is -0.393 e. The molecule has 0 aromatic rings. The maximum atomic E-state index is 12.1. The van der Waals surface area contributed by atoms with Crippen molar-refractivity contribution in [1.29, 1.82) is 0 Å². The van der Waals surface area contributed by atoms with E-state index >= 15 is 0 Å². The lowest BCUT2D eigenvalue weighted by atomic mass is 10.0. The molecule has 0 aliphatic carbocycles. The lowest BCUT2D eigenvalue weighted by molar-refractivity contribution is -0.119. The van der Waals surface area contributed by atoms with E-state index in [1.807, 2.05) is 0 Å². The number of aliphatic hydroxyl groups is 1. The van der Waals surface area contributed by atoms with Crippen LogP contribution in [-0.4, -0.2) is 17.0 Å². The van der Waals surface area contributed by atoms with Crippen molar-refractivity contribution in [2.24, 2.45) is 0 Å². The topological polar surface area (TPSA) is 37.3 Å². The lowest BCUT2D eigenvalue weighted by Crippen LogP contribution is -2.09. The molecule has 0 amide bonds. The lowest BCUT2D eigenvalue weighted by Gasteiger charge is -2.10. The number of hydrogen-bond acceptors (Lipinski definition) is 2. The summed E-state index contributed by atoms with van der Waals surface area (Å²) in [6, 6.07) is 0. The van der Waals surface area contributed by atoms with Crippen LogP contribution in [0.3, 0.4) is 0 Å². The van der Waals surface area contributed by atoms with E-state index in [-0.39, 0.29) is 6.10 Å². The van der Waals surface area contributed by atoms with Gasteiger partial charge in [0, 0.05) is 12.8 Å². The first kappa shape index (κ1) is 32.6. The Morgan fingerprint density at radius 3 is 1.18 bits per heavy atom. The predicted octanol–water partition coefficient (Wildman–Crippen LogP) is 10.5. The summed E-state index contributed by atoms with van der Waals surface area (Å²) in [6.07, 6.45) is 33.4. The van der Waals surface area contributed by atoms with E-state index in [0.717, 1.165) is 25.7 Å². The van der Waals surface area contributed by atoms with Crippen molar-refractivity contribution in [3.63, 3.8) is 0 Å². The smallest absolute Gasteiger partial charge is 0.133 e. The normalized spacial score (nSPS) is 12.3. The highest BCUT2D eigenvalue weighted by Crippen LogP contribution is 2.15. The van der Waals surface area contributed by atoms with Gasteiger partial charge in [-0.3, -0.25) is 4.79 Å². The third-order valence-electron chi connectivity index (χ3n) is 7.21. The number of carbonyl (C=O) groups excluding carboxylic acids is 1. The zero-order valence-electron chi connectivity index (χ0n) is 23.0. The largest absolute Gasteiger partial charge is 0.393 e. The number of unbranched alkanes of at least 4 members (excludes halogenated alkanes) is 21. The summed E-state index contributed by atoms with van der Waals surface area (Å²) in [5.41, 5.74) is 0. The van der Waals surface area contributed by atoms with Crippen molar-refractivity contribution in [1.82, 2.24) is 0 Å². The predicted molar refractivity (Wildman–Crippen MR) is 147 cm³/mol. The van der Waals surface area contributed by atoms with Gasteiger partial charge in [-0.1, -0.05) is 155 Å². The standard InChI is InChI=1S/C31H62O2/c1-3-5-7-9-11-13-15-17-19-21-23-25-27-31(33)29-28-30(32)26-24-22-20-18-16-14-12-10-8-6-4-2/h31,33H,3-29H2,1-2H3/t31-/m0/s1. The fraction of sp³-hybridized carbons (Fsp3) is 0.968. The van der Waals surface area contributed by atoms with Gasteiger partial charge in [-0.25, -0.2) is 0 Å². The first-order valence-electron chi connectivity index (χ1n) is 15.4. The van der Waals surface area contributed by atoms with Gasteiger partial charge < -0.3 is 5.11 Å². The molecule has 0 aliphatic rings. The van der Waals surface area contributed by atoms with Gasteiger partial charge in [0.15, 0.2) is 0 Å². The van der Waals surface area contributed by atoms with Crippen LogP contribution in [0.5, 0.6) is 0 Å². The molecule has 0 aromatic carbocycles. The summed E-state index contributed by atoms with van der Waals surface area (Å²) in [6.45, 7) is 4.55. The second kappa shape index (κ2) is 27.9. The summed E-state index contributed by atoms with van der Waals surface area (Å²) < 4.78 is 0. The zero-order valence-corrected chi connectivity index (χ0v) is 23.0. The third-order valence-corrected chi connectivity index (χ3v) is 7.21. The van der Waals surface area contributed by atoms with Gasteiger partial charge in [0.1, 0.15) is 5.78 Å². The van der Waals surface area contributed by atoms with Gasteiger partial charge in [0.25, 0.3) is 0 Å². The van der Waals surface area contributed by atoms with Gasteiger partial charge in [0.05, 0.1) is 6.10 Å². The highest BCUT2D eigenvalue weighted by atomic mass is 16.3. The Bertz CT molecular complexity index is 379. The Hall–Kier alpha value is -0.370. The van der Waals surface area contributed by atoms with Crippen molar-refractivity contribution in [2.45, 2.75) is 193 Å². The molecule has 0 radical (unpaired) electrons. The van der Waals surface area contributed by atoms with Crippen molar-refractivity contribution < 1.29 is 9.90 Å². The molecule has 1 atom stereocenters. The number of carbonyl (C=O) groups is 1. The van der Waals surface area contributed by atoms with Crippen LogP contribution in [0.2, 0.25) is 0 Å². The van der Waals surface area contributed by atoms with Crippen molar-refractivity contribution >= 4 is 5.78 Å². The Morgan fingerprint density at radius 2 is 0.788 bits per heavy atom. The molecule has 0 unspecified atom stereocenters. The molecule has 0 heterocycles. The van der Waals surface area contributed by atoms with Gasteiger partial charge in [-0.15, -0.1) is 0 Å². The number of rotatable bonds is 28. The quantitative estimate of drug-likeness (QED) is 0.116. The fourth-order valence-corrected chi connectivity index (χ4v) is 4.80. The van der Waals surface area contributed by atoms with Crippen LogP contribution >= 0.6 is 0 Å². The summed E-state index contributed by atoms with van der Waals surface area (Å²) in [5.74, 6) is 0.361. The first-order chi connectivity index (χ1) is 16.2. The summed E-state index contributed by atoms with van der Waals surface area (Å²) in [4.78, 5) is 12.1. The number of ketones is 1. The van der Waals surface area contributed by atoms with E-state index in [4.69, 9.17) is 0 Å². The Labute approximate surface area is 209 Å². The van der Waals surface area contributed by atoms with Crippen LogP contribution in [0.15, 0.2) is 0 Å². The second-order valence-corrected chi connectivity index (χ2v) is 10.7. The van der Waals surface area contributed by atoms with Gasteiger partial charge in [0.2, 0.25) is 0 Å². The van der Waals surface area contributed by atoms with Gasteiger partial charge in [-0.05, 0) is 19.3 Å². The van der Waals surface area contributed by atoms with Crippen LogP contribution in [-0.2, 0) is 4.79 Å². The summed E-state index contributed by atoms with van der Waals surface area (Å²) >= 11 is 0. The average Bonchev–Trinajstić information content (AvgIpc) is 2.82. The maximum absolute atomic E-state index is 12.1. The minimum absolute atomic E-state index is 0.269. The Morgan fingerprint density at radius 1 is 0.455 bits per heavy atom. The van der Waals surface area contributed by atoms with Gasteiger partial charge >= 0.3 is 0 Å². The van der Waals surface area contributed by atoms with E-state index in [9.17, 15) is 9.90 Å². The third kappa shape index (κ3) is 27.8. The molecule has 33 heavy (non-hydrogen) atoms. The van der Waals surface area contributed by atoms with Gasteiger partial charge in [-0.2, -0.15) is 0 Å². The van der Waals surface area contributed by atoms with Crippen molar-refractivity contribution in [2.75, 3.05) is 0 Å². The number of Topliss-reactive ketones (excluding diaryl/α,β-unsaturated/α-hetero) is 1. The highest BCUT2D eigenvalue weighted by Gasteiger charge is 2.08. The van der Waals surface area contributed by atoms with E-state index in [1.54, 1.807) is 0 Å². The van der Waals surface area contributed by atoms with Crippen LogP contribution in [0.1, 0.15) is 187 Å². The first-order valence-corrected chi connectivity index (χ1v) is 15.4. The number of hydrogen-bond donors (Lipinski definition) is 1. The molecule has 0 aromatic heterocycles. The van der Waals surface area contributed by atoms with E-state index in [2.05, 4.69) is 13.8 Å². The van der Waals surface area contributed by atoms with Crippen molar-refractivity contribution in [3.05, 3.63) is 0 Å². The number of aliphatic hydroxyl groups excluding tert-OH is 1. The van der Waals surface area contributed by atoms with E-state index in [0.29, 0.717) is 18.6 Å². The fourth-order valence-electron chi connectivity index (χ4n) is 4.80. The van der Waals surface area contributed by atoms with Crippen LogP contribution in [0.4, 0.5) is 0 Å². The molecular weight excluding hydrogens is 404 g/mol. The van der Waals surface area contributed by atoms with E-state index in [1.165, 1.54) is 135 Å². The molecule has 0 saturated heterocycles. The van der Waals surface area contributed by atoms with Crippen LogP contribution in [0, 0.1) is 0 Å². The molecule has 2 nitrogen and oxygen atoms in total. The molecule has 0 rings (SSSR count). The Balaban J connectivity index is 3.28. The summed E-state index contributed by atoms with van der Waals surface area (Å²) in [5, 5.41) is 10.2. The molecule has 0 aliphatic heterocycles. The highest BCUT2D eigenvalue weighted by molar-refractivity contribution is 5.78. The molecule has 2 heteroatoms. The Kier molecular flexibility index (Phi) is 27.6. The molecule has 198 valence electrons. The van der Waals surface area contributed by atoms with E-state index < -0.39 is 0 Å². The summed E-state index contributed by atoms with van der Waals surface area (Å²) in [7, 11) is 0. The SMILES string of the molecule is CCCCCCCCCCCCCC[C@H](O)CCC(=O)CCCCCCCCCCCCC. The molecular formula is C31H62O2.